The number of tetrazole rings is 1. The number of pyridine rings is 1. The van der Waals surface area contributed by atoms with E-state index >= 15 is 0 Å². The van der Waals surface area contributed by atoms with Crippen molar-refractivity contribution in [1.29, 1.82) is 0 Å². The maximum Gasteiger partial charge on any atom is 0.305 e. The predicted octanol–water partition coefficient (Wildman–Crippen LogP) is 1.16. The summed E-state index contributed by atoms with van der Waals surface area (Å²) in [5.41, 5.74) is 0.795. The van der Waals surface area contributed by atoms with Crippen LogP contribution in [-0.4, -0.2) is 36.3 Å². The summed E-state index contributed by atoms with van der Waals surface area (Å²) in [6.45, 7) is 0. The smallest absolute Gasteiger partial charge is 0.305 e. The Balaban J connectivity index is 1.96. The van der Waals surface area contributed by atoms with E-state index in [4.69, 9.17) is 5.11 Å². The molecule has 0 aromatic carbocycles. The van der Waals surface area contributed by atoms with Crippen LogP contribution in [0.15, 0.2) is 24.5 Å². The van der Waals surface area contributed by atoms with Crippen molar-refractivity contribution < 1.29 is 9.90 Å². The number of aromatic nitrogens is 5. The van der Waals surface area contributed by atoms with E-state index in [0.29, 0.717) is 11.7 Å². The third-order valence-electron chi connectivity index (χ3n) is 3.28. The molecule has 1 saturated carbocycles. The number of hydrogen-bond donors (Lipinski definition) is 1. The Morgan fingerprint density at radius 3 is 3.00 bits per heavy atom. The molecule has 3 rings (SSSR count). The minimum Gasteiger partial charge on any atom is -0.481 e. The van der Waals surface area contributed by atoms with Gasteiger partial charge in [-0.05, 0) is 41.3 Å². The van der Waals surface area contributed by atoms with Crippen LogP contribution >= 0.6 is 0 Å². The summed E-state index contributed by atoms with van der Waals surface area (Å²) in [6.07, 6.45) is 5.46. The number of carbonyl (C=O) groups is 1. The Morgan fingerprint density at radius 2 is 2.37 bits per heavy atom. The molecule has 1 fully saturated rings. The van der Waals surface area contributed by atoms with Crippen molar-refractivity contribution in [3.63, 3.8) is 0 Å². The lowest BCUT2D eigenvalue weighted by molar-refractivity contribution is -0.138. The second-order valence-corrected chi connectivity index (χ2v) is 4.69. The van der Waals surface area contributed by atoms with Crippen LogP contribution in [0.3, 0.4) is 0 Å². The van der Waals surface area contributed by atoms with Gasteiger partial charge in [-0.1, -0.05) is 0 Å². The van der Waals surface area contributed by atoms with Crippen molar-refractivity contribution in [1.82, 2.24) is 25.2 Å². The number of rotatable bonds is 5. The van der Waals surface area contributed by atoms with Crippen molar-refractivity contribution in [3.8, 4) is 11.4 Å². The molecule has 1 unspecified atom stereocenters. The third-order valence-corrected chi connectivity index (χ3v) is 3.28. The van der Waals surface area contributed by atoms with Gasteiger partial charge in [-0.25, -0.2) is 4.68 Å². The summed E-state index contributed by atoms with van der Waals surface area (Å²) in [5, 5.41) is 20.7. The van der Waals surface area contributed by atoms with Crippen LogP contribution < -0.4 is 0 Å². The first kappa shape index (κ1) is 11.8. The van der Waals surface area contributed by atoms with Crippen LogP contribution in [0.4, 0.5) is 0 Å². The maximum atomic E-state index is 11.0. The van der Waals surface area contributed by atoms with Gasteiger partial charge in [0.05, 0.1) is 12.5 Å². The molecule has 1 N–H and O–H groups in total. The third kappa shape index (κ3) is 2.44. The largest absolute Gasteiger partial charge is 0.481 e. The van der Waals surface area contributed by atoms with Crippen LogP contribution in [-0.2, 0) is 4.79 Å². The molecule has 7 heteroatoms. The highest BCUT2D eigenvalue weighted by Gasteiger charge is 2.36. The molecule has 98 valence electrons. The molecule has 0 radical (unpaired) electrons. The second kappa shape index (κ2) is 4.75. The fraction of sp³-hybridized carbons (Fsp3) is 0.417. The standard InChI is InChI=1S/C12H13N5O2/c18-11(19)6-10(8-3-4-8)17-12(14-15-16-17)9-2-1-5-13-7-9/h1-2,5,7-8,10H,3-4,6H2,(H,18,19). The van der Waals surface area contributed by atoms with E-state index in [1.54, 1.807) is 23.1 Å². The summed E-state index contributed by atoms with van der Waals surface area (Å²) < 4.78 is 1.63. The molecule has 1 atom stereocenters. The molecule has 0 spiro atoms. The summed E-state index contributed by atoms with van der Waals surface area (Å²) in [6, 6.07) is 3.49. The Bertz CT molecular complexity index is 579. The van der Waals surface area contributed by atoms with E-state index in [2.05, 4.69) is 20.5 Å². The molecule has 2 heterocycles. The molecule has 0 bridgehead atoms. The maximum absolute atomic E-state index is 11.0. The lowest BCUT2D eigenvalue weighted by Crippen LogP contribution is -2.18. The lowest BCUT2D eigenvalue weighted by atomic mass is 10.1. The van der Waals surface area contributed by atoms with Crippen LogP contribution in [0.25, 0.3) is 11.4 Å². The van der Waals surface area contributed by atoms with Gasteiger partial charge in [-0.3, -0.25) is 9.78 Å². The molecule has 0 amide bonds. The van der Waals surface area contributed by atoms with Gasteiger partial charge in [0.15, 0.2) is 5.82 Å². The molecule has 2 aromatic heterocycles. The molecule has 0 saturated heterocycles. The zero-order valence-corrected chi connectivity index (χ0v) is 10.2. The molecule has 1 aliphatic carbocycles. The molecule has 1 aliphatic rings. The number of nitrogens with zero attached hydrogens (tertiary/aromatic N) is 5. The fourth-order valence-corrected chi connectivity index (χ4v) is 2.21. The van der Waals surface area contributed by atoms with Gasteiger partial charge in [0.2, 0.25) is 0 Å². The topological polar surface area (TPSA) is 93.8 Å². The van der Waals surface area contributed by atoms with Crippen molar-refractivity contribution in [2.45, 2.75) is 25.3 Å². The van der Waals surface area contributed by atoms with E-state index in [9.17, 15) is 4.79 Å². The Kier molecular flexibility index (Phi) is 2.94. The van der Waals surface area contributed by atoms with E-state index in [-0.39, 0.29) is 12.5 Å². The van der Waals surface area contributed by atoms with E-state index in [0.717, 1.165) is 18.4 Å². The zero-order valence-electron chi connectivity index (χ0n) is 10.2. The van der Waals surface area contributed by atoms with Crippen molar-refractivity contribution >= 4 is 5.97 Å². The number of carboxylic acid groups (broad SMARTS) is 1. The van der Waals surface area contributed by atoms with Gasteiger partial charge < -0.3 is 5.11 Å². The summed E-state index contributed by atoms with van der Waals surface area (Å²) >= 11 is 0. The SMILES string of the molecule is O=C(O)CC(C1CC1)n1nnnc1-c1cccnc1. The van der Waals surface area contributed by atoms with Crippen LogP contribution in [0.1, 0.15) is 25.3 Å². The van der Waals surface area contributed by atoms with E-state index in [1.165, 1.54) is 0 Å². The van der Waals surface area contributed by atoms with Gasteiger partial charge in [0.1, 0.15) is 0 Å². The van der Waals surface area contributed by atoms with E-state index in [1.807, 2.05) is 6.07 Å². The number of carboxylic acids is 1. The lowest BCUT2D eigenvalue weighted by Gasteiger charge is -2.15. The predicted molar refractivity (Wildman–Crippen MR) is 65.1 cm³/mol. The zero-order chi connectivity index (χ0) is 13.2. The molecule has 19 heavy (non-hydrogen) atoms. The highest BCUT2D eigenvalue weighted by atomic mass is 16.4. The summed E-state index contributed by atoms with van der Waals surface area (Å²) in [4.78, 5) is 15.0. The van der Waals surface area contributed by atoms with Crippen LogP contribution in [0.2, 0.25) is 0 Å². The van der Waals surface area contributed by atoms with Crippen LogP contribution in [0.5, 0.6) is 0 Å². The fourth-order valence-electron chi connectivity index (χ4n) is 2.21. The van der Waals surface area contributed by atoms with Crippen molar-refractivity contribution in [2.24, 2.45) is 5.92 Å². The normalized spacial score (nSPS) is 16.2. The Morgan fingerprint density at radius 1 is 1.53 bits per heavy atom. The Hall–Kier alpha value is -2.31. The quantitative estimate of drug-likeness (QED) is 0.865. The first-order chi connectivity index (χ1) is 9.25. The minimum atomic E-state index is -0.829. The van der Waals surface area contributed by atoms with Crippen molar-refractivity contribution in [2.75, 3.05) is 0 Å². The first-order valence-corrected chi connectivity index (χ1v) is 6.16. The second-order valence-electron chi connectivity index (χ2n) is 4.69. The van der Waals surface area contributed by atoms with Gasteiger partial charge >= 0.3 is 5.97 Å². The first-order valence-electron chi connectivity index (χ1n) is 6.16. The van der Waals surface area contributed by atoms with Gasteiger partial charge in [-0.15, -0.1) is 5.10 Å². The number of hydrogen-bond acceptors (Lipinski definition) is 5. The molecular weight excluding hydrogens is 246 g/mol. The average molecular weight is 259 g/mol. The molecular formula is C12H13N5O2. The highest BCUT2D eigenvalue weighted by Crippen LogP contribution is 2.42. The van der Waals surface area contributed by atoms with Gasteiger partial charge in [0, 0.05) is 18.0 Å². The van der Waals surface area contributed by atoms with Crippen LogP contribution in [0, 0.1) is 5.92 Å². The minimum absolute atomic E-state index is 0.0446. The molecule has 0 aliphatic heterocycles. The van der Waals surface area contributed by atoms with Crippen molar-refractivity contribution in [3.05, 3.63) is 24.5 Å². The molecule has 2 aromatic rings. The van der Waals surface area contributed by atoms with Gasteiger partial charge in [-0.2, -0.15) is 0 Å². The monoisotopic (exact) mass is 259 g/mol. The summed E-state index contributed by atoms with van der Waals surface area (Å²) in [5.74, 6) is 0.103. The summed E-state index contributed by atoms with van der Waals surface area (Å²) in [7, 11) is 0. The van der Waals surface area contributed by atoms with Gasteiger partial charge in [0.25, 0.3) is 0 Å². The average Bonchev–Trinajstić information content (AvgIpc) is 3.14. The Labute approximate surface area is 109 Å². The molecule has 7 nitrogen and oxygen atoms in total. The number of aliphatic carboxylic acids is 1. The highest BCUT2D eigenvalue weighted by molar-refractivity contribution is 5.67. The van der Waals surface area contributed by atoms with E-state index < -0.39 is 5.97 Å².